The molecule has 8 aromatic carbocycles. The van der Waals surface area contributed by atoms with Gasteiger partial charge in [0.2, 0.25) is 0 Å². The van der Waals surface area contributed by atoms with Gasteiger partial charge in [0.05, 0.1) is 56.9 Å². The van der Waals surface area contributed by atoms with Crippen molar-refractivity contribution < 1.29 is 4.42 Å². The highest BCUT2D eigenvalue weighted by Gasteiger charge is 2.19. The highest BCUT2D eigenvalue weighted by Crippen LogP contribution is 2.47. The Morgan fingerprint density at radius 1 is 0.355 bits per heavy atom. The third-order valence-corrected chi connectivity index (χ3v) is 14.5. The van der Waals surface area contributed by atoms with Crippen LogP contribution in [-0.4, -0.2) is 37.5 Å². The second kappa shape index (κ2) is 13.0. The molecule has 0 aliphatic rings. The van der Waals surface area contributed by atoms with Crippen molar-refractivity contribution in [2.45, 2.75) is 4.90 Å². The van der Waals surface area contributed by atoms with Crippen LogP contribution in [0, 0.1) is 0 Å². The summed E-state index contributed by atoms with van der Waals surface area (Å²) in [6, 6.07) is 64.1. The zero-order valence-electron chi connectivity index (χ0n) is 34.5. The van der Waals surface area contributed by atoms with Crippen LogP contribution in [0.5, 0.6) is 0 Å². The van der Waals surface area contributed by atoms with Crippen LogP contribution in [0.3, 0.4) is 0 Å². The third-order valence-electron chi connectivity index (χ3n) is 12.9. The molecule has 6 heteroatoms. The topological polar surface area (TPSA) is 40.8 Å². The van der Waals surface area contributed by atoms with Gasteiger partial charge in [0.15, 0.2) is 0 Å². The van der Waals surface area contributed by atoms with E-state index >= 15 is 0 Å². The maximum absolute atomic E-state index is 6.49. The van der Waals surface area contributed by atoms with E-state index in [9.17, 15) is 0 Å². The van der Waals surface area contributed by atoms with Gasteiger partial charge >= 0.3 is 0 Å². The minimum absolute atomic E-state index is 0.874. The number of aromatic nitrogens is 4. The van der Waals surface area contributed by atoms with Gasteiger partial charge in [-0.3, -0.25) is 4.98 Å². The molecular weight excluding hydrogens is 777 g/mol. The van der Waals surface area contributed by atoms with E-state index in [1.807, 2.05) is 12.4 Å². The number of fused-ring (bicyclic) bond motifs is 12. The van der Waals surface area contributed by atoms with Crippen LogP contribution in [0.2, 0.25) is 0 Å². The second-order valence-corrected chi connectivity index (χ2v) is 21.4. The van der Waals surface area contributed by atoms with Crippen molar-refractivity contribution in [3.8, 4) is 28.2 Å². The number of hydrogen-bond donors (Lipinski definition) is 0. The molecule has 0 amide bonds. The Balaban J connectivity index is 0.943. The van der Waals surface area contributed by atoms with Crippen molar-refractivity contribution in [1.82, 2.24) is 18.7 Å². The van der Waals surface area contributed by atoms with Crippen LogP contribution in [0.1, 0.15) is 0 Å². The predicted octanol–water partition coefficient (Wildman–Crippen LogP) is 15.0. The summed E-state index contributed by atoms with van der Waals surface area (Å²) in [7, 11) is -0.874. The summed E-state index contributed by atoms with van der Waals surface area (Å²) in [5.41, 5.74) is 14.3. The molecule has 5 aromatic heterocycles. The first-order valence-electron chi connectivity index (χ1n) is 21.0. The zero-order chi connectivity index (χ0) is 41.3. The average Bonchev–Trinajstić information content (AvgIpc) is 4.04. The molecule has 0 N–H and O–H groups in total. The summed E-state index contributed by atoms with van der Waals surface area (Å²) in [4.78, 5) is 6.27. The summed E-state index contributed by atoms with van der Waals surface area (Å²) in [6.07, 6.45) is 11.0. The van der Waals surface area contributed by atoms with E-state index in [1.54, 1.807) is 0 Å². The predicted molar refractivity (Wildman–Crippen MR) is 264 cm³/mol. The maximum Gasteiger partial charge on any atom is 0.135 e. The summed E-state index contributed by atoms with van der Waals surface area (Å²) in [5.74, 6) is 0. The van der Waals surface area contributed by atoms with E-state index in [1.165, 1.54) is 59.3 Å². The lowest BCUT2D eigenvalue weighted by molar-refractivity contribution is 0.669. The Morgan fingerprint density at radius 2 is 0.774 bits per heavy atom. The number of hydrogen-bond acceptors (Lipinski definition) is 2. The van der Waals surface area contributed by atoms with Gasteiger partial charge in [-0.2, -0.15) is 0 Å². The highest BCUT2D eigenvalue weighted by atomic mass is 32.3. The Bertz CT molecular complexity index is 3930. The van der Waals surface area contributed by atoms with Crippen LogP contribution in [0.4, 0.5) is 0 Å². The van der Waals surface area contributed by atoms with Gasteiger partial charge in [-0.15, -0.1) is 0 Å². The normalized spacial score (nSPS) is 12.7. The Labute approximate surface area is 359 Å². The third kappa shape index (κ3) is 5.14. The van der Waals surface area contributed by atoms with Crippen LogP contribution < -0.4 is 0 Å². The summed E-state index contributed by atoms with van der Waals surface area (Å²) in [6.45, 7) is 0. The number of pyridine rings is 1. The quantitative estimate of drug-likeness (QED) is 0.174. The van der Waals surface area contributed by atoms with Crippen molar-refractivity contribution in [2.24, 2.45) is 0 Å². The molecule has 0 radical (unpaired) electrons. The molecule has 0 aliphatic heterocycles. The van der Waals surface area contributed by atoms with E-state index < -0.39 is 10.0 Å². The first-order valence-corrected chi connectivity index (χ1v) is 23.9. The fraction of sp³-hybridized carbons (Fsp3) is 0.0536. The number of para-hydroxylation sites is 4. The maximum atomic E-state index is 6.49. The Kier molecular flexibility index (Phi) is 7.38. The molecule has 5 heterocycles. The zero-order valence-corrected chi connectivity index (χ0v) is 35.3. The number of furan rings is 1. The summed E-state index contributed by atoms with van der Waals surface area (Å²) >= 11 is 0. The SMILES string of the molecule is CS(C)(C)c1ccc2c(c1)c1ccccc1n2-c1ccc2oc3ccc(-c4ccc5c(c4)c4ccccc4n5-c4cncc(-n5c6ccccc6c6ccccc65)c4)cc3c2c1. The van der Waals surface area contributed by atoms with Gasteiger partial charge in [-0.25, -0.2) is 10.0 Å². The lowest BCUT2D eigenvalue weighted by atomic mass is 10.0. The van der Waals surface area contributed by atoms with E-state index in [0.29, 0.717) is 0 Å². The largest absolute Gasteiger partial charge is 0.456 e. The van der Waals surface area contributed by atoms with E-state index in [0.717, 1.165) is 61.2 Å². The standard InChI is InChI=1S/C56H40N4OS/c1-62(2,3)40-23-25-54-46(32-40)44-15-7-10-18-51(44)58(54)37-22-27-56-48(31-37)47-29-36(21-26-55(47)61-56)35-20-24-53-45(28-35)43-14-6-11-19-52(43)60(53)39-30-38(33-57-34-39)59-49-16-8-4-12-41(49)42-13-5-9-17-50(42)59/h4-34H,1-3H3. The molecule has 0 saturated heterocycles. The number of rotatable bonds is 5. The van der Waals surface area contributed by atoms with Crippen molar-refractivity contribution >= 4 is 97.4 Å². The molecule has 0 aliphatic carbocycles. The lowest BCUT2D eigenvalue weighted by Crippen LogP contribution is -1.99. The molecule has 0 bridgehead atoms. The van der Waals surface area contributed by atoms with Crippen LogP contribution in [0.25, 0.3) is 116 Å². The fourth-order valence-corrected chi connectivity index (χ4v) is 10.9. The monoisotopic (exact) mass is 816 g/mol. The molecule has 0 spiro atoms. The molecule has 0 saturated carbocycles. The number of benzene rings is 8. The molecule has 13 rings (SSSR count). The van der Waals surface area contributed by atoms with Gasteiger partial charge in [-0.1, -0.05) is 84.9 Å². The molecule has 0 atom stereocenters. The summed E-state index contributed by atoms with van der Waals surface area (Å²) < 4.78 is 13.6. The van der Waals surface area contributed by atoms with Gasteiger partial charge < -0.3 is 18.1 Å². The van der Waals surface area contributed by atoms with Crippen LogP contribution in [-0.2, 0) is 0 Å². The summed E-state index contributed by atoms with van der Waals surface area (Å²) in [5, 5.41) is 9.65. The average molecular weight is 817 g/mol. The smallest absolute Gasteiger partial charge is 0.135 e. The van der Waals surface area contributed by atoms with Crippen molar-refractivity contribution in [3.63, 3.8) is 0 Å². The van der Waals surface area contributed by atoms with Crippen LogP contribution in [0.15, 0.2) is 198 Å². The molecule has 0 unspecified atom stereocenters. The van der Waals surface area contributed by atoms with Gasteiger partial charge in [0, 0.05) is 48.8 Å². The van der Waals surface area contributed by atoms with E-state index in [4.69, 9.17) is 9.40 Å². The van der Waals surface area contributed by atoms with Crippen molar-refractivity contribution in [2.75, 3.05) is 18.8 Å². The number of nitrogens with zero attached hydrogens (tertiary/aromatic N) is 4. The molecule has 296 valence electrons. The van der Waals surface area contributed by atoms with Crippen LogP contribution >= 0.6 is 10.0 Å². The van der Waals surface area contributed by atoms with Crippen molar-refractivity contribution in [3.05, 3.63) is 188 Å². The lowest BCUT2D eigenvalue weighted by Gasteiger charge is -2.25. The molecule has 62 heavy (non-hydrogen) atoms. The molecular formula is C56H40N4OS. The van der Waals surface area contributed by atoms with Gasteiger partial charge in [0.25, 0.3) is 0 Å². The Morgan fingerprint density at radius 3 is 1.34 bits per heavy atom. The minimum Gasteiger partial charge on any atom is -0.456 e. The first-order chi connectivity index (χ1) is 30.4. The Hall–Kier alpha value is -7.54. The minimum atomic E-state index is -0.874. The van der Waals surface area contributed by atoms with Gasteiger partial charge in [0.1, 0.15) is 11.2 Å². The second-order valence-electron chi connectivity index (χ2n) is 17.2. The molecule has 0 fully saturated rings. The van der Waals surface area contributed by atoms with E-state index in [-0.39, 0.29) is 0 Å². The van der Waals surface area contributed by atoms with Gasteiger partial charge in [-0.05, 0) is 126 Å². The van der Waals surface area contributed by atoms with E-state index in [2.05, 4.69) is 208 Å². The molecule has 13 aromatic rings. The molecule has 5 nitrogen and oxygen atoms in total. The first kappa shape index (κ1) is 35.2. The highest BCUT2D eigenvalue weighted by molar-refractivity contribution is 8.32. The fourth-order valence-electron chi connectivity index (χ4n) is 9.99. The van der Waals surface area contributed by atoms with Crippen molar-refractivity contribution in [1.29, 1.82) is 0 Å².